The van der Waals surface area contributed by atoms with Crippen LogP contribution in [-0.2, 0) is 6.42 Å². The maximum atomic E-state index is 9.66. The lowest BCUT2D eigenvalue weighted by atomic mass is 9.99. The molecule has 0 aliphatic rings. The number of benzene rings is 1. The quantitative estimate of drug-likeness (QED) is 0.745. The molecular formula is C11H16O2. The molecule has 0 radical (unpaired) electrons. The van der Waals surface area contributed by atoms with Crippen molar-refractivity contribution in [2.24, 2.45) is 5.92 Å². The van der Waals surface area contributed by atoms with Crippen molar-refractivity contribution in [3.8, 4) is 5.75 Å². The molecule has 1 rings (SSSR count). The van der Waals surface area contributed by atoms with Gasteiger partial charge in [-0.3, -0.25) is 0 Å². The van der Waals surface area contributed by atoms with Gasteiger partial charge in [-0.2, -0.15) is 0 Å². The zero-order valence-electron chi connectivity index (χ0n) is 8.12. The predicted octanol–water partition coefficient (Wildman–Crippen LogP) is 1.87. The van der Waals surface area contributed by atoms with Crippen molar-refractivity contribution in [3.05, 3.63) is 29.3 Å². The normalized spacial score (nSPS) is 12.8. The molecule has 0 bridgehead atoms. The van der Waals surface area contributed by atoms with Gasteiger partial charge in [0.2, 0.25) is 0 Å². The van der Waals surface area contributed by atoms with E-state index in [0.717, 1.165) is 17.5 Å². The monoisotopic (exact) mass is 180 g/mol. The first-order valence-corrected chi connectivity index (χ1v) is 4.53. The Bertz CT molecular complexity index is 281. The number of aromatic hydroxyl groups is 1. The van der Waals surface area contributed by atoms with E-state index < -0.39 is 0 Å². The number of aliphatic hydroxyl groups excluding tert-OH is 1. The van der Waals surface area contributed by atoms with Gasteiger partial charge in [0.1, 0.15) is 5.75 Å². The number of rotatable bonds is 3. The molecule has 0 saturated carbocycles. The average Bonchev–Trinajstić information content (AvgIpc) is 2.13. The summed E-state index contributed by atoms with van der Waals surface area (Å²) in [4.78, 5) is 0. The fraction of sp³-hybridized carbons (Fsp3) is 0.455. The largest absolute Gasteiger partial charge is 0.507 e. The first kappa shape index (κ1) is 10.1. The van der Waals surface area contributed by atoms with E-state index in [1.807, 2.05) is 32.0 Å². The van der Waals surface area contributed by atoms with Crippen LogP contribution >= 0.6 is 0 Å². The van der Waals surface area contributed by atoms with Crippen LogP contribution in [0.25, 0.3) is 0 Å². The van der Waals surface area contributed by atoms with E-state index in [1.54, 1.807) is 0 Å². The molecule has 0 aliphatic heterocycles. The third-order valence-electron chi connectivity index (χ3n) is 2.20. The molecule has 1 aromatic carbocycles. The van der Waals surface area contributed by atoms with E-state index in [0.29, 0.717) is 5.75 Å². The van der Waals surface area contributed by atoms with Crippen molar-refractivity contribution in [1.29, 1.82) is 0 Å². The lowest BCUT2D eigenvalue weighted by Gasteiger charge is -2.10. The van der Waals surface area contributed by atoms with Gasteiger partial charge in [-0.1, -0.05) is 25.1 Å². The number of hydrogen-bond acceptors (Lipinski definition) is 2. The highest BCUT2D eigenvalue weighted by Crippen LogP contribution is 2.23. The summed E-state index contributed by atoms with van der Waals surface area (Å²) in [6, 6.07) is 5.70. The van der Waals surface area contributed by atoms with Crippen LogP contribution in [0.15, 0.2) is 18.2 Å². The number of aryl methyl sites for hydroxylation is 1. The smallest absolute Gasteiger partial charge is 0.121 e. The predicted molar refractivity (Wildman–Crippen MR) is 52.8 cm³/mol. The highest BCUT2D eigenvalue weighted by Gasteiger charge is 2.07. The molecule has 2 N–H and O–H groups in total. The van der Waals surface area contributed by atoms with E-state index in [9.17, 15) is 5.11 Å². The highest BCUT2D eigenvalue weighted by molar-refractivity contribution is 5.39. The molecule has 2 nitrogen and oxygen atoms in total. The minimum absolute atomic E-state index is 0.160. The Balaban J connectivity index is 2.83. The van der Waals surface area contributed by atoms with Gasteiger partial charge in [0.25, 0.3) is 0 Å². The molecule has 0 aliphatic carbocycles. The summed E-state index contributed by atoms with van der Waals surface area (Å²) < 4.78 is 0. The number of phenols is 1. The summed E-state index contributed by atoms with van der Waals surface area (Å²) >= 11 is 0. The Hall–Kier alpha value is -1.02. The SMILES string of the molecule is Cc1cccc(C[C@@H](C)CO)c1O. The average molecular weight is 180 g/mol. The van der Waals surface area contributed by atoms with Crippen molar-refractivity contribution < 1.29 is 10.2 Å². The first-order chi connectivity index (χ1) is 6.15. The van der Waals surface area contributed by atoms with Gasteiger partial charge in [0.15, 0.2) is 0 Å². The molecular weight excluding hydrogens is 164 g/mol. The van der Waals surface area contributed by atoms with E-state index in [4.69, 9.17) is 5.11 Å². The third kappa shape index (κ3) is 2.46. The maximum absolute atomic E-state index is 9.66. The fourth-order valence-electron chi connectivity index (χ4n) is 1.32. The van der Waals surface area contributed by atoms with Crippen LogP contribution in [0.3, 0.4) is 0 Å². The summed E-state index contributed by atoms with van der Waals surface area (Å²) in [5.41, 5.74) is 1.81. The molecule has 13 heavy (non-hydrogen) atoms. The lowest BCUT2D eigenvalue weighted by molar-refractivity contribution is 0.236. The number of hydrogen-bond donors (Lipinski definition) is 2. The van der Waals surface area contributed by atoms with Gasteiger partial charge in [-0.05, 0) is 30.4 Å². The Kier molecular flexibility index (Phi) is 3.32. The van der Waals surface area contributed by atoms with Crippen molar-refractivity contribution in [2.45, 2.75) is 20.3 Å². The minimum atomic E-state index is 0.160. The van der Waals surface area contributed by atoms with Crippen LogP contribution < -0.4 is 0 Å². The van der Waals surface area contributed by atoms with Crippen LogP contribution in [-0.4, -0.2) is 16.8 Å². The van der Waals surface area contributed by atoms with Gasteiger partial charge in [-0.15, -0.1) is 0 Å². The van der Waals surface area contributed by atoms with Gasteiger partial charge in [-0.25, -0.2) is 0 Å². The molecule has 0 unspecified atom stereocenters. The minimum Gasteiger partial charge on any atom is -0.507 e. The van der Waals surface area contributed by atoms with Gasteiger partial charge < -0.3 is 10.2 Å². The van der Waals surface area contributed by atoms with Crippen molar-refractivity contribution in [2.75, 3.05) is 6.61 Å². The zero-order chi connectivity index (χ0) is 9.84. The molecule has 0 heterocycles. The second-order valence-electron chi connectivity index (χ2n) is 3.57. The summed E-state index contributed by atoms with van der Waals surface area (Å²) in [6.45, 7) is 4.00. The molecule has 1 atom stereocenters. The van der Waals surface area contributed by atoms with Gasteiger partial charge in [0, 0.05) is 6.61 Å². The van der Waals surface area contributed by atoms with E-state index in [1.165, 1.54) is 0 Å². The standard InChI is InChI=1S/C11H16O2/c1-8(7-12)6-10-5-3-4-9(2)11(10)13/h3-5,8,12-13H,6-7H2,1-2H3/t8-/m1/s1. The van der Waals surface area contributed by atoms with Crippen LogP contribution in [0.1, 0.15) is 18.1 Å². The van der Waals surface area contributed by atoms with Crippen molar-refractivity contribution in [1.82, 2.24) is 0 Å². The molecule has 0 spiro atoms. The van der Waals surface area contributed by atoms with E-state index >= 15 is 0 Å². The summed E-state index contributed by atoms with van der Waals surface area (Å²) in [7, 11) is 0. The van der Waals surface area contributed by atoms with E-state index in [-0.39, 0.29) is 12.5 Å². The summed E-state index contributed by atoms with van der Waals surface area (Å²) in [6.07, 6.45) is 0.726. The third-order valence-corrected chi connectivity index (χ3v) is 2.20. The van der Waals surface area contributed by atoms with Crippen LogP contribution in [0.5, 0.6) is 5.75 Å². The maximum Gasteiger partial charge on any atom is 0.121 e. The Labute approximate surface area is 78.8 Å². The molecule has 72 valence electrons. The number of para-hydroxylation sites is 1. The summed E-state index contributed by atoms with van der Waals surface area (Å²) in [5.74, 6) is 0.565. The topological polar surface area (TPSA) is 40.5 Å². The Morgan fingerprint density at radius 1 is 1.38 bits per heavy atom. The molecule has 2 heteroatoms. The first-order valence-electron chi connectivity index (χ1n) is 4.53. The fourth-order valence-corrected chi connectivity index (χ4v) is 1.32. The highest BCUT2D eigenvalue weighted by atomic mass is 16.3. The molecule has 0 saturated heterocycles. The van der Waals surface area contributed by atoms with Crippen LogP contribution in [0.2, 0.25) is 0 Å². The van der Waals surface area contributed by atoms with E-state index in [2.05, 4.69) is 0 Å². The van der Waals surface area contributed by atoms with Crippen molar-refractivity contribution >= 4 is 0 Å². The van der Waals surface area contributed by atoms with Crippen LogP contribution in [0, 0.1) is 12.8 Å². The molecule has 0 fully saturated rings. The number of aliphatic hydroxyl groups is 1. The molecule has 0 aromatic heterocycles. The second kappa shape index (κ2) is 4.28. The van der Waals surface area contributed by atoms with Crippen LogP contribution in [0.4, 0.5) is 0 Å². The second-order valence-corrected chi connectivity index (χ2v) is 3.57. The zero-order valence-corrected chi connectivity index (χ0v) is 8.12. The van der Waals surface area contributed by atoms with Gasteiger partial charge >= 0.3 is 0 Å². The molecule has 0 amide bonds. The Morgan fingerprint density at radius 3 is 2.69 bits per heavy atom. The molecule has 1 aromatic rings. The lowest BCUT2D eigenvalue weighted by Crippen LogP contribution is -2.04. The summed E-state index contributed by atoms with van der Waals surface area (Å²) in [5, 5.41) is 18.5. The van der Waals surface area contributed by atoms with Gasteiger partial charge in [0.05, 0.1) is 0 Å². The van der Waals surface area contributed by atoms with Crippen molar-refractivity contribution in [3.63, 3.8) is 0 Å². The number of phenolic OH excluding ortho intramolecular Hbond substituents is 1. The Morgan fingerprint density at radius 2 is 2.08 bits per heavy atom.